The number of hydrogen-bond donors (Lipinski definition) is 0. The van der Waals surface area contributed by atoms with Gasteiger partial charge in [0.15, 0.2) is 11.5 Å². The summed E-state index contributed by atoms with van der Waals surface area (Å²) in [7, 11) is 1.57. The first kappa shape index (κ1) is 19.7. The van der Waals surface area contributed by atoms with Gasteiger partial charge in [-0.25, -0.2) is 13.5 Å². The highest BCUT2D eigenvalue weighted by Crippen LogP contribution is 2.24. The van der Waals surface area contributed by atoms with Gasteiger partial charge in [-0.2, -0.15) is 5.10 Å². The van der Waals surface area contributed by atoms with Gasteiger partial charge < -0.3 is 14.2 Å². The molecule has 2 amide bonds. The number of likely N-dealkylation sites (N-methyl/N-ethyl adjacent to an activating group) is 1. The van der Waals surface area contributed by atoms with Crippen LogP contribution < -0.4 is 0 Å². The molecule has 10 heteroatoms. The lowest BCUT2D eigenvalue weighted by Gasteiger charge is -2.24. The zero-order valence-corrected chi connectivity index (χ0v) is 16.1. The molecular formula is C20H19F2N5O3. The van der Waals surface area contributed by atoms with Gasteiger partial charge in [-0.15, -0.1) is 0 Å². The Hall–Kier alpha value is -3.56. The van der Waals surface area contributed by atoms with Gasteiger partial charge in [0.25, 0.3) is 18.2 Å². The Morgan fingerprint density at radius 2 is 2.10 bits per heavy atom. The summed E-state index contributed by atoms with van der Waals surface area (Å²) in [6.45, 7) is 0.770. The molecule has 4 rings (SSSR count). The largest absolute Gasteiger partial charge is 0.450 e. The van der Waals surface area contributed by atoms with Gasteiger partial charge in [0.1, 0.15) is 5.69 Å². The number of halogens is 2. The third-order valence-electron chi connectivity index (χ3n) is 5.10. The van der Waals surface area contributed by atoms with E-state index in [2.05, 4.69) is 10.1 Å². The molecule has 3 aromatic rings. The molecule has 3 aromatic heterocycles. The van der Waals surface area contributed by atoms with E-state index in [1.807, 2.05) is 0 Å². The van der Waals surface area contributed by atoms with E-state index in [1.165, 1.54) is 11.0 Å². The minimum Gasteiger partial charge on any atom is -0.450 e. The summed E-state index contributed by atoms with van der Waals surface area (Å²) in [5.74, 6) is -1.44. The number of amides is 2. The number of alkyl halides is 2. The number of carbonyl (C=O) groups is 2. The van der Waals surface area contributed by atoms with E-state index in [0.717, 1.165) is 6.07 Å². The number of furan rings is 1. The van der Waals surface area contributed by atoms with Crippen LogP contribution in [0.1, 0.15) is 39.6 Å². The van der Waals surface area contributed by atoms with Crippen molar-refractivity contribution < 1.29 is 22.8 Å². The first-order valence-electron chi connectivity index (χ1n) is 9.34. The molecule has 1 atom stereocenters. The Kier molecular flexibility index (Phi) is 5.30. The SMILES string of the molecule is CN(C(=O)c1ccc(C(F)F)o1)C1CCN(C(=O)c2cc(-n3cccn3)ccn2)C1. The van der Waals surface area contributed by atoms with Crippen molar-refractivity contribution in [1.82, 2.24) is 24.6 Å². The molecule has 4 heterocycles. The summed E-state index contributed by atoms with van der Waals surface area (Å²) in [6.07, 6.45) is 2.74. The minimum atomic E-state index is -2.78. The second-order valence-corrected chi connectivity index (χ2v) is 6.96. The average molecular weight is 415 g/mol. The van der Waals surface area contributed by atoms with Gasteiger partial charge in [-0.05, 0) is 36.8 Å². The Bertz CT molecular complexity index is 1050. The van der Waals surface area contributed by atoms with Crippen LogP contribution in [0, 0.1) is 0 Å². The number of carbonyl (C=O) groups excluding carboxylic acids is 2. The van der Waals surface area contributed by atoms with Gasteiger partial charge in [0.05, 0.1) is 11.7 Å². The molecule has 0 spiro atoms. The first-order valence-corrected chi connectivity index (χ1v) is 9.34. The monoisotopic (exact) mass is 415 g/mol. The molecule has 8 nitrogen and oxygen atoms in total. The number of nitrogens with zero attached hydrogens (tertiary/aromatic N) is 5. The fraction of sp³-hybridized carbons (Fsp3) is 0.300. The summed E-state index contributed by atoms with van der Waals surface area (Å²) in [5.41, 5.74) is 0.999. The van der Waals surface area contributed by atoms with Crippen molar-refractivity contribution >= 4 is 11.8 Å². The molecule has 30 heavy (non-hydrogen) atoms. The van der Waals surface area contributed by atoms with Crippen LogP contribution in [0.4, 0.5) is 8.78 Å². The number of rotatable bonds is 5. The molecule has 156 valence electrons. The number of hydrogen-bond acceptors (Lipinski definition) is 5. The highest BCUT2D eigenvalue weighted by molar-refractivity contribution is 5.94. The summed E-state index contributed by atoms with van der Waals surface area (Å²) in [5, 5.41) is 4.14. The van der Waals surface area contributed by atoms with E-state index >= 15 is 0 Å². The molecule has 1 fully saturated rings. The summed E-state index contributed by atoms with van der Waals surface area (Å²) >= 11 is 0. The summed E-state index contributed by atoms with van der Waals surface area (Å²) in [4.78, 5) is 32.6. The summed E-state index contributed by atoms with van der Waals surface area (Å²) in [6, 6.07) is 7.27. The van der Waals surface area contributed by atoms with Gasteiger partial charge in [-0.3, -0.25) is 14.6 Å². The molecule has 0 aromatic carbocycles. The minimum absolute atomic E-state index is 0.147. The van der Waals surface area contributed by atoms with Crippen molar-refractivity contribution in [2.75, 3.05) is 20.1 Å². The maximum Gasteiger partial charge on any atom is 0.295 e. The Morgan fingerprint density at radius 3 is 2.80 bits per heavy atom. The van der Waals surface area contributed by atoms with Crippen molar-refractivity contribution in [3.8, 4) is 5.69 Å². The van der Waals surface area contributed by atoms with Crippen LogP contribution >= 0.6 is 0 Å². The van der Waals surface area contributed by atoms with Crippen molar-refractivity contribution in [2.24, 2.45) is 0 Å². The molecule has 1 aliphatic heterocycles. The van der Waals surface area contributed by atoms with Gasteiger partial charge in [-0.1, -0.05) is 0 Å². The highest BCUT2D eigenvalue weighted by Gasteiger charge is 2.33. The standard InChI is InChI=1S/C20H19F2N5O3/c1-25(20(29)17-4-3-16(30-17)18(21)22)14-6-10-26(12-14)19(28)15-11-13(5-8-23-15)27-9-2-7-24-27/h2-5,7-9,11,14,18H,6,10,12H2,1H3. The zero-order valence-electron chi connectivity index (χ0n) is 16.1. The van der Waals surface area contributed by atoms with Crippen LogP contribution in [-0.2, 0) is 0 Å². The molecule has 1 saturated heterocycles. The molecule has 0 bridgehead atoms. The molecular weight excluding hydrogens is 396 g/mol. The maximum atomic E-state index is 12.9. The third-order valence-corrected chi connectivity index (χ3v) is 5.10. The van der Waals surface area contributed by atoms with Crippen LogP contribution in [0.5, 0.6) is 0 Å². The van der Waals surface area contributed by atoms with E-state index in [9.17, 15) is 18.4 Å². The smallest absolute Gasteiger partial charge is 0.295 e. The molecule has 0 saturated carbocycles. The number of aromatic nitrogens is 3. The lowest BCUT2D eigenvalue weighted by atomic mass is 10.2. The van der Waals surface area contributed by atoms with Crippen LogP contribution in [0.2, 0.25) is 0 Å². The third kappa shape index (κ3) is 3.80. The molecule has 0 N–H and O–H groups in total. The van der Waals surface area contributed by atoms with E-state index in [0.29, 0.717) is 25.2 Å². The van der Waals surface area contributed by atoms with Crippen molar-refractivity contribution in [1.29, 1.82) is 0 Å². The normalized spacial score (nSPS) is 16.3. The fourth-order valence-electron chi connectivity index (χ4n) is 3.43. The zero-order chi connectivity index (χ0) is 21.3. The topological polar surface area (TPSA) is 84.5 Å². The Balaban J connectivity index is 1.43. The summed E-state index contributed by atoms with van der Waals surface area (Å²) < 4.78 is 32.0. The highest BCUT2D eigenvalue weighted by atomic mass is 19.3. The van der Waals surface area contributed by atoms with E-state index < -0.39 is 18.1 Å². The predicted octanol–water partition coefficient (Wildman–Crippen LogP) is 2.78. The van der Waals surface area contributed by atoms with Crippen LogP contribution in [0.15, 0.2) is 53.3 Å². The first-order chi connectivity index (χ1) is 14.4. The van der Waals surface area contributed by atoms with Crippen LogP contribution in [0.25, 0.3) is 5.69 Å². The molecule has 1 unspecified atom stereocenters. The van der Waals surface area contributed by atoms with E-state index in [1.54, 1.807) is 53.4 Å². The predicted molar refractivity (Wildman–Crippen MR) is 101 cm³/mol. The van der Waals surface area contributed by atoms with Crippen LogP contribution in [-0.4, -0.2) is 62.6 Å². The Labute approximate surface area is 170 Å². The number of pyridine rings is 1. The molecule has 0 radical (unpaired) electrons. The van der Waals surface area contributed by atoms with Gasteiger partial charge >= 0.3 is 0 Å². The second kappa shape index (κ2) is 8.05. The van der Waals surface area contributed by atoms with E-state index in [-0.39, 0.29) is 23.4 Å². The fourth-order valence-corrected chi connectivity index (χ4v) is 3.43. The molecule has 0 aliphatic carbocycles. The molecule has 1 aliphatic rings. The van der Waals surface area contributed by atoms with E-state index in [4.69, 9.17) is 4.42 Å². The quantitative estimate of drug-likeness (QED) is 0.640. The lowest BCUT2D eigenvalue weighted by Crippen LogP contribution is -2.40. The average Bonchev–Trinajstić information content (AvgIpc) is 3.53. The second-order valence-electron chi connectivity index (χ2n) is 6.96. The van der Waals surface area contributed by atoms with Crippen molar-refractivity contribution in [3.05, 3.63) is 66.1 Å². The van der Waals surface area contributed by atoms with Gasteiger partial charge in [0, 0.05) is 38.7 Å². The lowest BCUT2D eigenvalue weighted by molar-refractivity contribution is 0.0661. The maximum absolute atomic E-state index is 12.9. The number of likely N-dealkylation sites (tertiary alicyclic amines) is 1. The van der Waals surface area contributed by atoms with Crippen molar-refractivity contribution in [3.63, 3.8) is 0 Å². The van der Waals surface area contributed by atoms with Crippen LogP contribution in [0.3, 0.4) is 0 Å². The van der Waals surface area contributed by atoms with Crippen molar-refractivity contribution in [2.45, 2.75) is 18.9 Å². The van der Waals surface area contributed by atoms with Gasteiger partial charge in [0.2, 0.25) is 0 Å². The Morgan fingerprint density at radius 1 is 1.27 bits per heavy atom.